The molecular formula is C21H31N3O. The predicted molar refractivity (Wildman–Crippen MR) is 102 cm³/mol. The van der Waals surface area contributed by atoms with Crippen LogP contribution in [0.25, 0.3) is 0 Å². The fourth-order valence-corrected chi connectivity index (χ4v) is 4.67. The SMILES string of the molecule is CN(C)c1cccc(C(=O)N2CCC3(CCCN(CC4CC4)C3)C2)c1. The molecule has 1 amide bonds. The van der Waals surface area contributed by atoms with Gasteiger partial charge in [-0.2, -0.15) is 0 Å². The fourth-order valence-electron chi connectivity index (χ4n) is 4.67. The number of hydrogen-bond donors (Lipinski definition) is 0. The highest BCUT2D eigenvalue weighted by molar-refractivity contribution is 5.95. The Morgan fingerprint density at radius 1 is 1.20 bits per heavy atom. The quantitative estimate of drug-likeness (QED) is 0.842. The van der Waals surface area contributed by atoms with Gasteiger partial charge in [-0.1, -0.05) is 6.07 Å². The van der Waals surface area contributed by atoms with Crippen molar-refractivity contribution in [2.24, 2.45) is 11.3 Å². The lowest BCUT2D eigenvalue weighted by atomic mass is 9.79. The van der Waals surface area contributed by atoms with E-state index >= 15 is 0 Å². The second kappa shape index (κ2) is 6.64. The van der Waals surface area contributed by atoms with E-state index in [1.165, 1.54) is 51.7 Å². The highest BCUT2D eigenvalue weighted by Gasteiger charge is 2.43. The number of piperidine rings is 1. The Hall–Kier alpha value is -1.55. The lowest BCUT2D eigenvalue weighted by Crippen LogP contribution is -2.46. The van der Waals surface area contributed by atoms with E-state index in [1.807, 2.05) is 32.3 Å². The van der Waals surface area contributed by atoms with Gasteiger partial charge in [-0.25, -0.2) is 0 Å². The van der Waals surface area contributed by atoms with Crippen LogP contribution in [0.3, 0.4) is 0 Å². The molecule has 2 heterocycles. The van der Waals surface area contributed by atoms with Crippen LogP contribution >= 0.6 is 0 Å². The number of rotatable bonds is 4. The minimum Gasteiger partial charge on any atom is -0.378 e. The minimum atomic E-state index is 0.208. The number of nitrogens with zero attached hydrogens (tertiary/aromatic N) is 3. The van der Waals surface area contributed by atoms with Gasteiger partial charge < -0.3 is 14.7 Å². The highest BCUT2D eigenvalue weighted by Crippen LogP contribution is 2.41. The molecule has 0 radical (unpaired) electrons. The van der Waals surface area contributed by atoms with Crippen LogP contribution in [-0.4, -0.2) is 62.5 Å². The fraction of sp³-hybridized carbons (Fsp3) is 0.667. The predicted octanol–water partition coefficient (Wildman–Crippen LogP) is 3.09. The molecule has 3 fully saturated rings. The zero-order valence-corrected chi connectivity index (χ0v) is 15.7. The smallest absolute Gasteiger partial charge is 0.253 e. The van der Waals surface area contributed by atoms with E-state index in [-0.39, 0.29) is 5.91 Å². The van der Waals surface area contributed by atoms with Gasteiger partial charge in [-0.15, -0.1) is 0 Å². The van der Waals surface area contributed by atoms with Gasteiger partial charge in [0.05, 0.1) is 0 Å². The molecule has 0 N–H and O–H groups in total. The molecule has 1 spiro atoms. The van der Waals surface area contributed by atoms with Gasteiger partial charge in [0.15, 0.2) is 0 Å². The average Bonchev–Trinajstić information content (AvgIpc) is 3.34. The summed E-state index contributed by atoms with van der Waals surface area (Å²) in [6.45, 7) is 5.62. The third-order valence-electron chi connectivity index (χ3n) is 6.29. The maximum Gasteiger partial charge on any atom is 0.253 e. The first-order valence-corrected chi connectivity index (χ1v) is 9.84. The van der Waals surface area contributed by atoms with Crippen LogP contribution < -0.4 is 4.90 Å². The van der Waals surface area contributed by atoms with Crippen molar-refractivity contribution in [3.63, 3.8) is 0 Å². The molecule has 1 saturated carbocycles. The third-order valence-corrected chi connectivity index (χ3v) is 6.29. The van der Waals surface area contributed by atoms with Crippen molar-refractivity contribution in [1.29, 1.82) is 0 Å². The number of benzene rings is 1. The van der Waals surface area contributed by atoms with E-state index in [0.717, 1.165) is 30.3 Å². The van der Waals surface area contributed by atoms with Crippen molar-refractivity contribution in [2.75, 3.05) is 51.7 Å². The zero-order chi connectivity index (χ0) is 17.4. The summed E-state index contributed by atoms with van der Waals surface area (Å²) in [5, 5.41) is 0. The van der Waals surface area contributed by atoms with Crippen LogP contribution in [-0.2, 0) is 0 Å². The summed E-state index contributed by atoms with van der Waals surface area (Å²) in [5.74, 6) is 1.17. The topological polar surface area (TPSA) is 26.8 Å². The van der Waals surface area contributed by atoms with Crippen LogP contribution in [0.2, 0.25) is 0 Å². The summed E-state index contributed by atoms with van der Waals surface area (Å²) < 4.78 is 0. The third kappa shape index (κ3) is 3.69. The molecule has 0 aromatic heterocycles. The Labute approximate surface area is 151 Å². The standard InChI is InChI=1S/C21H31N3O/c1-22(2)19-6-3-5-18(13-19)20(25)24-12-10-21(16-24)9-4-11-23(15-21)14-17-7-8-17/h3,5-6,13,17H,4,7-12,14-16H2,1-2H3. The maximum absolute atomic E-state index is 13.0. The van der Waals surface area contributed by atoms with E-state index < -0.39 is 0 Å². The molecule has 4 heteroatoms. The van der Waals surface area contributed by atoms with Gasteiger partial charge in [0.1, 0.15) is 0 Å². The molecular weight excluding hydrogens is 310 g/mol. The molecule has 1 unspecified atom stereocenters. The molecule has 25 heavy (non-hydrogen) atoms. The van der Waals surface area contributed by atoms with Crippen molar-refractivity contribution in [2.45, 2.75) is 32.1 Å². The summed E-state index contributed by atoms with van der Waals surface area (Å²) in [6.07, 6.45) is 6.61. The lowest BCUT2D eigenvalue weighted by molar-refractivity contribution is 0.0681. The molecule has 136 valence electrons. The Morgan fingerprint density at radius 2 is 2.04 bits per heavy atom. The summed E-state index contributed by atoms with van der Waals surface area (Å²) in [4.78, 5) is 19.9. The van der Waals surface area contributed by atoms with E-state index in [1.54, 1.807) is 0 Å². The molecule has 1 aliphatic carbocycles. The van der Waals surface area contributed by atoms with Crippen molar-refractivity contribution in [3.8, 4) is 0 Å². The molecule has 2 saturated heterocycles. The number of carbonyl (C=O) groups excluding carboxylic acids is 1. The van der Waals surface area contributed by atoms with Crippen LogP contribution in [0.5, 0.6) is 0 Å². The molecule has 4 nitrogen and oxygen atoms in total. The summed E-state index contributed by atoms with van der Waals surface area (Å²) in [7, 11) is 4.04. The van der Waals surface area contributed by atoms with E-state index in [0.29, 0.717) is 5.41 Å². The lowest BCUT2D eigenvalue weighted by Gasteiger charge is -2.40. The first-order valence-electron chi connectivity index (χ1n) is 9.84. The average molecular weight is 341 g/mol. The van der Waals surface area contributed by atoms with E-state index in [2.05, 4.69) is 20.8 Å². The largest absolute Gasteiger partial charge is 0.378 e. The second-order valence-electron chi connectivity index (χ2n) is 8.70. The minimum absolute atomic E-state index is 0.208. The number of anilines is 1. The Kier molecular flexibility index (Phi) is 4.48. The molecule has 1 atom stereocenters. The van der Waals surface area contributed by atoms with E-state index in [9.17, 15) is 4.79 Å². The summed E-state index contributed by atoms with van der Waals surface area (Å²) >= 11 is 0. The van der Waals surface area contributed by atoms with Gasteiger partial charge in [0.2, 0.25) is 0 Å². The highest BCUT2D eigenvalue weighted by atomic mass is 16.2. The maximum atomic E-state index is 13.0. The molecule has 3 aliphatic rings. The Bertz CT molecular complexity index is 640. The van der Waals surface area contributed by atoms with Gasteiger partial charge in [0.25, 0.3) is 5.91 Å². The van der Waals surface area contributed by atoms with Gasteiger partial charge in [0, 0.05) is 56.9 Å². The Morgan fingerprint density at radius 3 is 2.80 bits per heavy atom. The van der Waals surface area contributed by atoms with E-state index in [4.69, 9.17) is 0 Å². The first kappa shape index (κ1) is 16.9. The normalized spacial score (nSPS) is 27.0. The number of amides is 1. The van der Waals surface area contributed by atoms with Gasteiger partial charge in [-0.3, -0.25) is 4.79 Å². The molecule has 1 aromatic carbocycles. The number of likely N-dealkylation sites (tertiary alicyclic amines) is 2. The Balaban J connectivity index is 1.42. The molecule has 0 bridgehead atoms. The summed E-state index contributed by atoms with van der Waals surface area (Å²) in [6, 6.07) is 8.03. The molecule has 2 aliphatic heterocycles. The molecule has 4 rings (SSSR count). The van der Waals surface area contributed by atoms with Crippen molar-refractivity contribution in [1.82, 2.24) is 9.80 Å². The number of hydrogen-bond acceptors (Lipinski definition) is 3. The van der Waals surface area contributed by atoms with Crippen molar-refractivity contribution in [3.05, 3.63) is 29.8 Å². The van der Waals surface area contributed by atoms with Crippen LogP contribution in [0.15, 0.2) is 24.3 Å². The zero-order valence-electron chi connectivity index (χ0n) is 15.7. The van der Waals surface area contributed by atoms with Crippen molar-refractivity contribution >= 4 is 11.6 Å². The second-order valence-corrected chi connectivity index (χ2v) is 8.70. The van der Waals surface area contributed by atoms with Gasteiger partial charge in [-0.05, 0) is 62.8 Å². The van der Waals surface area contributed by atoms with Crippen LogP contribution in [0, 0.1) is 11.3 Å². The van der Waals surface area contributed by atoms with Gasteiger partial charge >= 0.3 is 0 Å². The summed E-state index contributed by atoms with van der Waals surface area (Å²) in [5.41, 5.74) is 2.27. The van der Waals surface area contributed by atoms with Crippen LogP contribution in [0.4, 0.5) is 5.69 Å². The van der Waals surface area contributed by atoms with Crippen LogP contribution in [0.1, 0.15) is 42.5 Å². The van der Waals surface area contributed by atoms with Crippen molar-refractivity contribution < 1.29 is 4.79 Å². The number of carbonyl (C=O) groups is 1. The monoisotopic (exact) mass is 341 g/mol. The first-order chi connectivity index (χ1) is 12.0. The molecule has 1 aromatic rings.